The van der Waals surface area contributed by atoms with E-state index in [4.69, 9.17) is 5.73 Å². The minimum Gasteiger partial charge on any atom is -0.354 e. The zero-order valence-corrected chi connectivity index (χ0v) is 12.2. The summed E-state index contributed by atoms with van der Waals surface area (Å²) >= 11 is 0. The summed E-state index contributed by atoms with van der Waals surface area (Å²) in [5.41, 5.74) is 7.09. The van der Waals surface area contributed by atoms with Crippen LogP contribution in [0.25, 0.3) is 0 Å². The van der Waals surface area contributed by atoms with Gasteiger partial charge in [0.05, 0.1) is 6.04 Å². The molecule has 1 aromatic carbocycles. The van der Waals surface area contributed by atoms with Crippen LogP contribution in [-0.2, 0) is 24.7 Å². The molecule has 0 aliphatic heterocycles. The van der Waals surface area contributed by atoms with Crippen molar-refractivity contribution < 1.29 is 4.79 Å². The number of benzene rings is 1. The van der Waals surface area contributed by atoms with Gasteiger partial charge in [-0.15, -0.1) is 0 Å². The zero-order valence-electron chi connectivity index (χ0n) is 12.2. The number of nitrogens with one attached hydrogen (secondary N) is 1. The lowest BCUT2D eigenvalue weighted by Crippen LogP contribution is -2.41. The fourth-order valence-corrected chi connectivity index (χ4v) is 2.03. The maximum absolute atomic E-state index is 11.9. The Hall–Kier alpha value is -2.21. The standard InChI is InChI=1S/C15H21N5O/c1-20-11-18-14(19-20)9-10-17-15(21)13(16)8-7-12-5-3-2-4-6-12/h2-6,11,13H,7-10,16H2,1H3,(H,17,21)/t13-/m0/s1. The quantitative estimate of drug-likeness (QED) is 0.773. The van der Waals surface area contributed by atoms with Gasteiger partial charge in [0.1, 0.15) is 6.33 Å². The van der Waals surface area contributed by atoms with E-state index in [2.05, 4.69) is 15.4 Å². The number of amides is 1. The predicted octanol–water partition coefficient (Wildman–Crippen LogP) is 0.434. The molecule has 6 nitrogen and oxygen atoms in total. The summed E-state index contributed by atoms with van der Waals surface area (Å²) < 4.78 is 1.64. The first kappa shape index (κ1) is 15.2. The number of nitrogens with two attached hydrogens (primary N) is 1. The van der Waals surface area contributed by atoms with Crippen LogP contribution >= 0.6 is 0 Å². The van der Waals surface area contributed by atoms with Gasteiger partial charge in [-0.1, -0.05) is 30.3 Å². The Bertz CT molecular complexity index is 566. The number of rotatable bonds is 7. The molecule has 1 amide bonds. The molecule has 0 fully saturated rings. The fourth-order valence-electron chi connectivity index (χ4n) is 2.03. The van der Waals surface area contributed by atoms with Crippen molar-refractivity contribution in [2.75, 3.05) is 6.54 Å². The number of nitrogens with zero attached hydrogens (tertiary/aromatic N) is 3. The Kier molecular flexibility index (Phi) is 5.45. The molecule has 0 radical (unpaired) electrons. The van der Waals surface area contributed by atoms with Crippen molar-refractivity contribution in [2.24, 2.45) is 12.8 Å². The third-order valence-electron chi connectivity index (χ3n) is 3.22. The normalized spacial score (nSPS) is 12.1. The second-order valence-corrected chi connectivity index (χ2v) is 5.01. The van der Waals surface area contributed by atoms with E-state index >= 15 is 0 Å². The Morgan fingerprint density at radius 2 is 2.10 bits per heavy atom. The van der Waals surface area contributed by atoms with E-state index < -0.39 is 6.04 Å². The molecule has 21 heavy (non-hydrogen) atoms. The minimum absolute atomic E-state index is 0.123. The molecule has 0 spiro atoms. The van der Waals surface area contributed by atoms with Gasteiger partial charge in [0.2, 0.25) is 5.91 Å². The zero-order chi connectivity index (χ0) is 15.1. The highest BCUT2D eigenvalue weighted by molar-refractivity contribution is 5.81. The number of hydrogen-bond acceptors (Lipinski definition) is 4. The third kappa shape index (κ3) is 5.00. The number of aryl methyl sites for hydroxylation is 2. The Balaban J connectivity index is 1.67. The lowest BCUT2D eigenvalue weighted by molar-refractivity contribution is -0.122. The number of carbonyl (C=O) groups excluding carboxylic acids is 1. The van der Waals surface area contributed by atoms with Crippen LogP contribution in [0, 0.1) is 0 Å². The Morgan fingerprint density at radius 1 is 1.33 bits per heavy atom. The summed E-state index contributed by atoms with van der Waals surface area (Å²) in [4.78, 5) is 16.0. The lowest BCUT2D eigenvalue weighted by atomic mass is 10.1. The van der Waals surface area contributed by atoms with Crippen LogP contribution in [0.5, 0.6) is 0 Å². The molecule has 6 heteroatoms. The van der Waals surface area contributed by atoms with Gasteiger partial charge in [0.25, 0.3) is 0 Å². The van der Waals surface area contributed by atoms with Crippen molar-refractivity contribution in [3.05, 3.63) is 48.0 Å². The number of aromatic nitrogens is 3. The highest BCUT2D eigenvalue weighted by Gasteiger charge is 2.13. The molecule has 3 N–H and O–H groups in total. The van der Waals surface area contributed by atoms with Gasteiger partial charge in [0.15, 0.2) is 5.82 Å². The molecule has 1 heterocycles. The molecule has 0 bridgehead atoms. The van der Waals surface area contributed by atoms with Crippen LogP contribution in [-0.4, -0.2) is 33.3 Å². The lowest BCUT2D eigenvalue weighted by Gasteiger charge is -2.11. The topological polar surface area (TPSA) is 85.8 Å². The first-order valence-electron chi connectivity index (χ1n) is 7.07. The van der Waals surface area contributed by atoms with Crippen molar-refractivity contribution in [3.63, 3.8) is 0 Å². The van der Waals surface area contributed by atoms with Gasteiger partial charge in [0, 0.05) is 20.0 Å². The molecular weight excluding hydrogens is 266 g/mol. The van der Waals surface area contributed by atoms with Crippen molar-refractivity contribution >= 4 is 5.91 Å². The van der Waals surface area contributed by atoms with Crippen LogP contribution in [0.1, 0.15) is 17.8 Å². The SMILES string of the molecule is Cn1cnc(CCNC(=O)[C@@H](N)CCc2ccccc2)n1. The highest BCUT2D eigenvalue weighted by atomic mass is 16.2. The molecule has 1 aromatic heterocycles. The van der Waals surface area contributed by atoms with E-state index in [1.165, 1.54) is 5.56 Å². The molecule has 0 aliphatic carbocycles. The largest absolute Gasteiger partial charge is 0.354 e. The van der Waals surface area contributed by atoms with Crippen molar-refractivity contribution in [3.8, 4) is 0 Å². The summed E-state index contributed by atoms with van der Waals surface area (Å²) in [5.74, 6) is 0.595. The van der Waals surface area contributed by atoms with Crippen molar-refractivity contribution in [2.45, 2.75) is 25.3 Å². The van der Waals surface area contributed by atoms with Crippen LogP contribution in [0.4, 0.5) is 0 Å². The highest BCUT2D eigenvalue weighted by Crippen LogP contribution is 2.04. The second-order valence-electron chi connectivity index (χ2n) is 5.01. The van der Waals surface area contributed by atoms with Crippen LogP contribution < -0.4 is 11.1 Å². The molecular formula is C15H21N5O. The molecule has 0 saturated carbocycles. The number of hydrogen-bond donors (Lipinski definition) is 2. The fraction of sp³-hybridized carbons (Fsp3) is 0.400. The van der Waals surface area contributed by atoms with Crippen molar-refractivity contribution in [1.29, 1.82) is 0 Å². The van der Waals surface area contributed by atoms with E-state index in [9.17, 15) is 4.79 Å². The van der Waals surface area contributed by atoms with Crippen LogP contribution in [0.2, 0.25) is 0 Å². The summed E-state index contributed by atoms with van der Waals surface area (Å²) in [6.07, 6.45) is 3.69. The summed E-state index contributed by atoms with van der Waals surface area (Å²) in [6.45, 7) is 0.502. The molecule has 2 aromatic rings. The first-order chi connectivity index (χ1) is 10.1. The first-order valence-corrected chi connectivity index (χ1v) is 7.07. The van der Waals surface area contributed by atoms with Gasteiger partial charge in [-0.05, 0) is 18.4 Å². The maximum Gasteiger partial charge on any atom is 0.236 e. The van der Waals surface area contributed by atoms with E-state index in [-0.39, 0.29) is 5.91 Å². The van der Waals surface area contributed by atoms with Gasteiger partial charge in [-0.25, -0.2) is 4.98 Å². The third-order valence-corrected chi connectivity index (χ3v) is 3.22. The molecule has 0 aliphatic rings. The minimum atomic E-state index is -0.484. The molecule has 2 rings (SSSR count). The van der Waals surface area contributed by atoms with Crippen LogP contribution in [0.3, 0.4) is 0 Å². The number of carbonyl (C=O) groups is 1. The summed E-state index contributed by atoms with van der Waals surface area (Å²) in [6, 6.07) is 9.54. The van der Waals surface area contributed by atoms with Gasteiger partial charge < -0.3 is 11.1 Å². The van der Waals surface area contributed by atoms with Crippen molar-refractivity contribution in [1.82, 2.24) is 20.1 Å². The van der Waals surface area contributed by atoms with E-state index in [0.717, 1.165) is 12.2 Å². The van der Waals surface area contributed by atoms with E-state index in [1.807, 2.05) is 37.4 Å². The predicted molar refractivity (Wildman–Crippen MR) is 80.5 cm³/mol. The molecule has 112 valence electrons. The summed E-state index contributed by atoms with van der Waals surface area (Å²) in [7, 11) is 1.81. The van der Waals surface area contributed by atoms with Gasteiger partial charge in [-0.3, -0.25) is 9.48 Å². The molecule has 0 unspecified atom stereocenters. The second kappa shape index (κ2) is 7.54. The monoisotopic (exact) mass is 287 g/mol. The molecule has 0 saturated heterocycles. The average Bonchev–Trinajstić information content (AvgIpc) is 2.91. The van der Waals surface area contributed by atoms with Crippen LogP contribution in [0.15, 0.2) is 36.7 Å². The van der Waals surface area contributed by atoms with E-state index in [1.54, 1.807) is 11.0 Å². The Morgan fingerprint density at radius 3 is 2.76 bits per heavy atom. The average molecular weight is 287 g/mol. The van der Waals surface area contributed by atoms with Gasteiger partial charge >= 0.3 is 0 Å². The maximum atomic E-state index is 11.9. The molecule has 1 atom stereocenters. The van der Waals surface area contributed by atoms with Gasteiger partial charge in [-0.2, -0.15) is 5.10 Å². The Labute approximate surface area is 124 Å². The summed E-state index contributed by atoms with van der Waals surface area (Å²) in [5, 5.41) is 6.97. The van der Waals surface area contributed by atoms with E-state index in [0.29, 0.717) is 19.4 Å². The smallest absolute Gasteiger partial charge is 0.236 e.